The number of ketones is 1. The lowest BCUT2D eigenvalue weighted by atomic mass is 9.92. The first-order valence-electron chi connectivity index (χ1n) is 12.2. The molecule has 1 heterocycles. The van der Waals surface area contributed by atoms with Crippen LogP contribution in [0.1, 0.15) is 42.5 Å². The fourth-order valence-corrected chi connectivity index (χ4v) is 4.76. The van der Waals surface area contributed by atoms with E-state index >= 15 is 0 Å². The van der Waals surface area contributed by atoms with E-state index in [-0.39, 0.29) is 22.9 Å². The van der Waals surface area contributed by atoms with Crippen LogP contribution in [0.3, 0.4) is 0 Å². The van der Waals surface area contributed by atoms with Gasteiger partial charge in [-0.15, -0.1) is 0 Å². The van der Waals surface area contributed by atoms with Crippen molar-refractivity contribution in [2.75, 3.05) is 33.3 Å². The van der Waals surface area contributed by atoms with Crippen LogP contribution < -0.4 is 23.8 Å². The van der Waals surface area contributed by atoms with Gasteiger partial charge in [-0.2, -0.15) is 0 Å². The van der Waals surface area contributed by atoms with Gasteiger partial charge in [0, 0.05) is 11.3 Å². The van der Waals surface area contributed by atoms with Crippen LogP contribution in [-0.2, 0) is 9.59 Å². The summed E-state index contributed by atoms with van der Waals surface area (Å²) in [5.41, 5.74) is 1.70. The highest BCUT2D eigenvalue weighted by molar-refractivity contribution is 6.51. The SMILES string of the molecule is COc1ccc(/C(O)=C2\C(=O)C(=O)N(c3ccc(F)cc3)C2c2cc(OC)c(OC)c(OC)c2)cc1C(C)C. The van der Waals surface area contributed by atoms with Gasteiger partial charge >= 0.3 is 0 Å². The molecule has 1 unspecified atom stereocenters. The largest absolute Gasteiger partial charge is 0.507 e. The van der Waals surface area contributed by atoms with E-state index in [1.165, 1.54) is 50.5 Å². The van der Waals surface area contributed by atoms with E-state index in [0.717, 1.165) is 5.56 Å². The lowest BCUT2D eigenvalue weighted by Crippen LogP contribution is -2.29. The minimum absolute atomic E-state index is 0.0558. The molecule has 0 spiro atoms. The molecule has 1 fully saturated rings. The number of benzene rings is 3. The van der Waals surface area contributed by atoms with E-state index in [9.17, 15) is 19.1 Å². The number of nitrogens with zero attached hydrogens (tertiary/aromatic N) is 1. The molecule has 1 aliphatic heterocycles. The van der Waals surface area contributed by atoms with Gasteiger partial charge in [0.25, 0.3) is 11.7 Å². The molecule has 1 saturated heterocycles. The van der Waals surface area contributed by atoms with Gasteiger partial charge in [0.2, 0.25) is 5.75 Å². The zero-order chi connectivity index (χ0) is 28.4. The average Bonchev–Trinajstić information content (AvgIpc) is 3.21. The highest BCUT2D eigenvalue weighted by Gasteiger charge is 2.47. The molecule has 1 aliphatic rings. The predicted molar refractivity (Wildman–Crippen MR) is 144 cm³/mol. The molecule has 3 aromatic rings. The zero-order valence-electron chi connectivity index (χ0n) is 22.6. The number of amides is 1. The number of methoxy groups -OCH3 is 4. The Morgan fingerprint density at radius 1 is 0.846 bits per heavy atom. The highest BCUT2D eigenvalue weighted by atomic mass is 19.1. The maximum absolute atomic E-state index is 13.8. The first-order chi connectivity index (χ1) is 18.7. The number of carbonyl (C=O) groups is 2. The Hall–Kier alpha value is -4.53. The molecule has 204 valence electrons. The third-order valence-electron chi connectivity index (χ3n) is 6.68. The van der Waals surface area contributed by atoms with Crippen molar-refractivity contribution >= 4 is 23.1 Å². The molecule has 1 atom stereocenters. The van der Waals surface area contributed by atoms with Crippen LogP contribution in [0.4, 0.5) is 10.1 Å². The number of Topliss-reactive ketones (excluding diaryl/α,β-unsaturated/α-hetero) is 1. The van der Waals surface area contributed by atoms with Crippen LogP contribution in [0.5, 0.6) is 23.0 Å². The Balaban J connectivity index is 2.02. The standard InChI is InChI=1S/C30H30FNO7/c1-16(2)21-13-17(7-12-22(21)36-3)27(33)25-26(18-14-23(37-4)29(39-6)24(15-18)38-5)32(30(35)28(25)34)20-10-8-19(31)9-11-20/h7-16,26,33H,1-6H3/b27-25+. The first kappa shape index (κ1) is 27.5. The number of carbonyl (C=O) groups excluding carboxylic acids is 2. The maximum Gasteiger partial charge on any atom is 0.300 e. The van der Waals surface area contributed by atoms with E-state index < -0.39 is 23.5 Å². The Kier molecular flexibility index (Phi) is 7.80. The monoisotopic (exact) mass is 535 g/mol. The summed E-state index contributed by atoms with van der Waals surface area (Å²) in [5, 5.41) is 11.6. The van der Waals surface area contributed by atoms with Gasteiger partial charge in [0.05, 0.1) is 40.1 Å². The van der Waals surface area contributed by atoms with Crippen molar-refractivity contribution in [1.29, 1.82) is 0 Å². The van der Waals surface area contributed by atoms with Crippen molar-refractivity contribution in [3.63, 3.8) is 0 Å². The number of hydrogen-bond donors (Lipinski definition) is 1. The number of aliphatic hydroxyl groups is 1. The van der Waals surface area contributed by atoms with Gasteiger partial charge in [-0.25, -0.2) is 4.39 Å². The molecule has 39 heavy (non-hydrogen) atoms. The smallest absolute Gasteiger partial charge is 0.300 e. The summed E-state index contributed by atoms with van der Waals surface area (Å²) in [7, 11) is 5.91. The normalized spacial score (nSPS) is 16.5. The number of rotatable bonds is 8. The number of hydrogen-bond acceptors (Lipinski definition) is 7. The van der Waals surface area contributed by atoms with E-state index in [0.29, 0.717) is 34.1 Å². The molecule has 0 aliphatic carbocycles. The molecule has 9 heteroatoms. The molecule has 0 saturated carbocycles. The lowest BCUT2D eigenvalue weighted by molar-refractivity contribution is -0.132. The van der Waals surface area contributed by atoms with Crippen molar-refractivity contribution in [3.8, 4) is 23.0 Å². The van der Waals surface area contributed by atoms with Gasteiger partial charge in [-0.05, 0) is 71.6 Å². The fraction of sp³-hybridized carbons (Fsp3) is 0.267. The van der Waals surface area contributed by atoms with Crippen LogP contribution in [0.2, 0.25) is 0 Å². The predicted octanol–water partition coefficient (Wildman–Crippen LogP) is 5.61. The number of anilines is 1. The average molecular weight is 536 g/mol. The molecule has 0 bridgehead atoms. The molecule has 4 rings (SSSR count). The summed E-state index contributed by atoms with van der Waals surface area (Å²) in [4.78, 5) is 28.2. The summed E-state index contributed by atoms with van der Waals surface area (Å²) in [6, 6.07) is 12.4. The van der Waals surface area contributed by atoms with Crippen molar-refractivity contribution in [3.05, 3.63) is 82.7 Å². The second kappa shape index (κ2) is 11.1. The maximum atomic E-state index is 13.8. The number of aliphatic hydroxyl groups excluding tert-OH is 1. The summed E-state index contributed by atoms with van der Waals surface area (Å²) >= 11 is 0. The second-order valence-electron chi connectivity index (χ2n) is 9.22. The molecular formula is C30H30FNO7. The molecule has 8 nitrogen and oxygen atoms in total. The Morgan fingerprint density at radius 3 is 1.95 bits per heavy atom. The second-order valence-corrected chi connectivity index (χ2v) is 9.22. The third-order valence-corrected chi connectivity index (χ3v) is 6.68. The highest BCUT2D eigenvalue weighted by Crippen LogP contribution is 2.47. The van der Waals surface area contributed by atoms with Crippen molar-refractivity contribution < 1.29 is 38.0 Å². The molecule has 1 N–H and O–H groups in total. The van der Waals surface area contributed by atoms with Crippen molar-refractivity contribution in [2.45, 2.75) is 25.8 Å². The first-order valence-corrected chi connectivity index (χ1v) is 12.2. The zero-order valence-corrected chi connectivity index (χ0v) is 22.6. The number of ether oxygens (including phenoxy) is 4. The van der Waals surface area contributed by atoms with E-state index in [1.807, 2.05) is 13.8 Å². The quantitative estimate of drug-likeness (QED) is 0.228. The van der Waals surface area contributed by atoms with Gasteiger partial charge in [0.1, 0.15) is 17.3 Å². The molecular weight excluding hydrogens is 505 g/mol. The summed E-state index contributed by atoms with van der Waals surface area (Å²) in [6.07, 6.45) is 0. The van der Waals surface area contributed by atoms with Gasteiger partial charge in [0.15, 0.2) is 11.5 Å². The van der Waals surface area contributed by atoms with Crippen LogP contribution in [-0.4, -0.2) is 45.2 Å². The van der Waals surface area contributed by atoms with Crippen molar-refractivity contribution in [1.82, 2.24) is 0 Å². The Labute approximate surface area is 226 Å². The fourth-order valence-electron chi connectivity index (χ4n) is 4.76. The minimum Gasteiger partial charge on any atom is -0.507 e. The Morgan fingerprint density at radius 2 is 1.44 bits per heavy atom. The summed E-state index contributed by atoms with van der Waals surface area (Å²) < 4.78 is 35.7. The molecule has 0 aromatic heterocycles. The summed E-state index contributed by atoms with van der Waals surface area (Å²) in [6.45, 7) is 3.95. The Bertz CT molecular complexity index is 1420. The molecule has 3 aromatic carbocycles. The van der Waals surface area contributed by atoms with Gasteiger partial charge in [-0.3, -0.25) is 14.5 Å². The van der Waals surface area contributed by atoms with Gasteiger partial charge < -0.3 is 24.1 Å². The minimum atomic E-state index is -1.09. The number of halogens is 1. The van der Waals surface area contributed by atoms with Gasteiger partial charge in [-0.1, -0.05) is 13.8 Å². The van der Waals surface area contributed by atoms with E-state index in [2.05, 4.69) is 0 Å². The van der Waals surface area contributed by atoms with E-state index in [1.54, 1.807) is 37.4 Å². The van der Waals surface area contributed by atoms with Crippen LogP contribution in [0, 0.1) is 5.82 Å². The molecule has 0 radical (unpaired) electrons. The summed E-state index contributed by atoms with van der Waals surface area (Å²) in [5.74, 6) is -1.03. The van der Waals surface area contributed by atoms with Crippen LogP contribution >= 0.6 is 0 Å². The third kappa shape index (κ3) is 4.87. The van der Waals surface area contributed by atoms with Crippen LogP contribution in [0.15, 0.2) is 60.2 Å². The van der Waals surface area contributed by atoms with E-state index in [4.69, 9.17) is 18.9 Å². The molecule has 1 amide bonds. The van der Waals surface area contributed by atoms with Crippen molar-refractivity contribution in [2.24, 2.45) is 0 Å². The lowest BCUT2D eigenvalue weighted by Gasteiger charge is -2.26. The van der Waals surface area contributed by atoms with Crippen LogP contribution in [0.25, 0.3) is 5.76 Å². The topological polar surface area (TPSA) is 94.5 Å².